The lowest BCUT2D eigenvalue weighted by atomic mass is 9.99. The van der Waals surface area contributed by atoms with Crippen molar-refractivity contribution in [2.75, 3.05) is 79.0 Å². The standard InChI is InChI=1S/C31H45F2N5O6S.C30H43F2N5O6S.C29H41F2N5O6S/c1-6-9-37(10-7-2)31(42)23-15-22(16-26(17-23)45(34,43)44)30(41)35-27(14-21-12-24(32)18-25(33)13-21)28(39)19-38(11-8-3)36-29(40)20(4)5;1-6-9-36(10-7-2)30(41)22-14-21(15-25(16-22)44(33,42)43)29(40)34-26(13-20-11-23(31)17-24(32)12-20)27(38)18-37(8-3)35-28(39)19(4)5;1-6-8-36(9-7-2)29(40)21-13-20(14-24(15-21)43(32,41)42)28(39)33-25(12-19-10-22(30)16-23(31)11-19)26(37)17-35(5)34-27(38)18(3)4/h12-13,15-18,20,27-28,39H,6-11,14,19H2,1-5H3,(H,35,41)(H,36,40)(H2,34,43,44);11-12,14-17,19,26-27,38H,6-10,13,18H2,1-5H3,(H,34,40)(H,35,39)(H2,33,42,43);10-11,13-16,18,25-26,37H,6-9,12,17H2,1-5H3,(H,33,39)(H,34,38)(H2,32,41,42). The smallest absolute Gasteiger partial charge is 0.253 e. The Hall–Kier alpha value is -10.4. The van der Waals surface area contributed by atoms with E-state index in [1.165, 1.54) is 45.2 Å². The molecule has 0 aliphatic rings. The first-order chi connectivity index (χ1) is 61.7. The molecule has 0 aliphatic heterocycles. The van der Waals surface area contributed by atoms with E-state index in [1.54, 1.807) is 58.3 Å². The van der Waals surface area contributed by atoms with Crippen molar-refractivity contribution < 1.29 is 110 Å². The summed E-state index contributed by atoms with van der Waals surface area (Å²) in [5.41, 5.74) is 7.49. The molecule has 0 saturated carbocycles. The summed E-state index contributed by atoms with van der Waals surface area (Å²) >= 11 is 0. The normalized spacial score (nSPS) is 13.1. The van der Waals surface area contributed by atoms with E-state index in [0.717, 1.165) is 72.8 Å². The topological polar surface area (TPSA) is 486 Å². The van der Waals surface area contributed by atoms with Crippen LogP contribution < -0.4 is 47.6 Å². The zero-order chi connectivity index (χ0) is 99.6. The van der Waals surface area contributed by atoms with E-state index in [1.807, 2.05) is 48.5 Å². The van der Waals surface area contributed by atoms with Gasteiger partial charge >= 0.3 is 0 Å². The van der Waals surface area contributed by atoms with Gasteiger partial charge in [-0.2, -0.15) is 0 Å². The highest BCUT2D eigenvalue weighted by molar-refractivity contribution is 7.89. The number of nitrogens with two attached hydrogens (primary N) is 3. The number of sulfonamides is 3. The van der Waals surface area contributed by atoms with Gasteiger partial charge in [0.25, 0.3) is 35.4 Å². The fourth-order valence-corrected chi connectivity index (χ4v) is 15.2. The molecule has 132 heavy (non-hydrogen) atoms. The van der Waals surface area contributed by atoms with Gasteiger partial charge in [0.05, 0.1) is 51.1 Å². The second-order valence-electron chi connectivity index (χ2n) is 32.9. The summed E-state index contributed by atoms with van der Waals surface area (Å²) in [5.74, 6) is -11.1. The van der Waals surface area contributed by atoms with Crippen LogP contribution in [0.15, 0.2) is 124 Å². The van der Waals surface area contributed by atoms with E-state index in [4.69, 9.17) is 15.4 Å². The van der Waals surface area contributed by atoms with Gasteiger partial charge in [-0.3, -0.25) is 59.4 Å². The van der Waals surface area contributed by atoms with Crippen molar-refractivity contribution in [2.24, 2.45) is 33.2 Å². The molecule has 0 aliphatic carbocycles. The molecule has 33 nitrogen and oxygen atoms in total. The maximum absolute atomic E-state index is 14.0. The molecule has 9 amide bonds. The maximum atomic E-state index is 14.0. The van der Waals surface area contributed by atoms with Gasteiger partial charge < -0.3 is 46.0 Å². The largest absolute Gasteiger partial charge is 0.390 e. The molecule has 15 N–H and O–H groups in total. The summed E-state index contributed by atoms with van der Waals surface area (Å²) in [6, 6.07) is 14.9. The predicted molar refractivity (Wildman–Crippen MR) is 486 cm³/mol. The van der Waals surface area contributed by atoms with Crippen molar-refractivity contribution in [2.45, 2.75) is 212 Å². The molecular weight excluding hydrogens is 1790 g/mol. The van der Waals surface area contributed by atoms with E-state index in [-0.39, 0.29) is 124 Å². The van der Waals surface area contributed by atoms with Crippen LogP contribution in [0.1, 0.15) is 221 Å². The number of carbonyl (C=O) groups excluding carboxylic acids is 9. The van der Waals surface area contributed by atoms with Crippen LogP contribution in [0.3, 0.4) is 0 Å². The molecule has 6 unspecified atom stereocenters. The first-order valence-corrected chi connectivity index (χ1v) is 48.2. The Kier molecular flexibility index (Phi) is 46.7. The number of hydrogen-bond donors (Lipinski definition) is 12. The minimum atomic E-state index is -4.34. The third-order valence-corrected chi connectivity index (χ3v) is 22.8. The first-order valence-electron chi connectivity index (χ1n) is 43.6. The molecule has 0 radical (unpaired) electrons. The van der Waals surface area contributed by atoms with E-state index >= 15 is 0 Å². The zero-order valence-corrected chi connectivity index (χ0v) is 79.8. The highest BCUT2D eigenvalue weighted by atomic mass is 32.2. The van der Waals surface area contributed by atoms with E-state index in [0.29, 0.717) is 116 Å². The fourth-order valence-electron chi connectivity index (χ4n) is 13.5. The Bertz CT molecular complexity index is 5200. The van der Waals surface area contributed by atoms with Crippen molar-refractivity contribution in [1.82, 2.24) is 62.0 Å². The summed E-state index contributed by atoms with van der Waals surface area (Å²) in [7, 11) is -11.5. The molecule has 0 heterocycles. The van der Waals surface area contributed by atoms with Crippen LogP contribution in [0.2, 0.25) is 0 Å². The molecule has 0 fully saturated rings. The number of carbonyl (C=O) groups is 9. The van der Waals surface area contributed by atoms with E-state index in [2.05, 4.69) is 32.2 Å². The number of aliphatic hydroxyl groups is 3. The number of benzene rings is 6. The van der Waals surface area contributed by atoms with Crippen LogP contribution in [0.25, 0.3) is 0 Å². The van der Waals surface area contributed by atoms with Gasteiger partial charge in [-0.25, -0.2) is 82.0 Å². The highest BCUT2D eigenvalue weighted by Gasteiger charge is 2.33. The van der Waals surface area contributed by atoms with Crippen molar-refractivity contribution in [3.63, 3.8) is 0 Å². The number of rotatable bonds is 48. The zero-order valence-electron chi connectivity index (χ0n) is 77.3. The molecular formula is C90H129F6N15O18S3. The van der Waals surface area contributed by atoms with Crippen molar-refractivity contribution >= 4 is 83.2 Å². The number of nitrogens with zero attached hydrogens (tertiary/aromatic N) is 6. The van der Waals surface area contributed by atoms with Gasteiger partial charge in [0, 0.05) is 148 Å². The summed E-state index contributed by atoms with van der Waals surface area (Å²) in [6.07, 6.45) is -0.254. The van der Waals surface area contributed by atoms with Crippen LogP contribution in [0, 0.1) is 52.7 Å². The molecule has 0 spiro atoms. The summed E-state index contributed by atoms with van der Waals surface area (Å²) in [5, 5.41) is 61.8. The average Bonchev–Trinajstić information content (AvgIpc) is 0.807. The molecule has 6 atom stereocenters. The average molecular weight is 1920 g/mol. The third-order valence-electron chi connectivity index (χ3n) is 20.1. The lowest BCUT2D eigenvalue weighted by Crippen LogP contribution is -2.54. The van der Waals surface area contributed by atoms with Crippen molar-refractivity contribution in [3.8, 4) is 0 Å². The van der Waals surface area contributed by atoms with Gasteiger partial charge in [-0.05, 0) is 172 Å². The van der Waals surface area contributed by atoms with Gasteiger partial charge in [-0.1, -0.05) is 96.9 Å². The van der Waals surface area contributed by atoms with E-state index in [9.17, 15) is 110 Å². The molecule has 732 valence electrons. The highest BCUT2D eigenvalue weighted by Crippen LogP contribution is 2.25. The minimum absolute atomic E-state index is 0.0663. The second kappa shape index (κ2) is 54.1. The number of amides is 9. The van der Waals surface area contributed by atoms with Crippen LogP contribution in [-0.4, -0.2) is 239 Å². The van der Waals surface area contributed by atoms with Crippen molar-refractivity contribution in [1.29, 1.82) is 0 Å². The van der Waals surface area contributed by atoms with Crippen LogP contribution in [-0.2, 0) is 63.7 Å². The molecule has 0 bridgehead atoms. The Labute approximate surface area is 769 Å². The predicted octanol–water partition coefficient (Wildman–Crippen LogP) is 7.76. The monoisotopic (exact) mass is 1920 g/mol. The number of halogens is 6. The molecule has 0 saturated heterocycles. The van der Waals surface area contributed by atoms with Gasteiger partial charge in [0.1, 0.15) is 34.9 Å². The molecule has 0 aromatic heterocycles. The number of nitrogens with one attached hydrogen (secondary N) is 6. The quantitative estimate of drug-likeness (QED) is 0.0128. The Balaban J connectivity index is 0.000000414. The Morgan fingerprint density at radius 3 is 0.788 bits per heavy atom. The third kappa shape index (κ3) is 37.9. The molecule has 6 rings (SSSR count). The number of aliphatic hydroxyl groups excluding tert-OH is 3. The Morgan fingerprint density at radius 2 is 0.553 bits per heavy atom. The summed E-state index contributed by atoms with van der Waals surface area (Å²) in [6.45, 7) is 27.7. The van der Waals surface area contributed by atoms with Crippen molar-refractivity contribution in [3.05, 3.63) is 194 Å². The number of likely N-dealkylation sites (N-methyl/N-ethyl adjacent to an activating group) is 2. The fraction of sp³-hybridized carbons (Fsp3) is 0.500. The van der Waals surface area contributed by atoms with Crippen LogP contribution >= 0.6 is 0 Å². The first kappa shape index (κ1) is 114. The van der Waals surface area contributed by atoms with Crippen LogP contribution in [0.5, 0.6) is 0 Å². The molecule has 6 aromatic carbocycles. The van der Waals surface area contributed by atoms with Crippen LogP contribution in [0.4, 0.5) is 26.3 Å². The number of hydrazine groups is 3. The molecule has 42 heteroatoms. The second-order valence-corrected chi connectivity index (χ2v) is 37.6. The summed E-state index contributed by atoms with van der Waals surface area (Å²) < 4.78 is 158. The lowest BCUT2D eigenvalue weighted by Gasteiger charge is -2.31. The lowest BCUT2D eigenvalue weighted by molar-refractivity contribution is -0.130. The summed E-state index contributed by atoms with van der Waals surface area (Å²) in [4.78, 5) is 121. The number of primary sulfonamides is 3. The molecule has 6 aromatic rings. The maximum Gasteiger partial charge on any atom is 0.253 e. The van der Waals surface area contributed by atoms with Gasteiger partial charge in [0.15, 0.2) is 0 Å². The minimum Gasteiger partial charge on any atom is -0.390 e. The van der Waals surface area contributed by atoms with Gasteiger partial charge in [-0.15, -0.1) is 0 Å². The van der Waals surface area contributed by atoms with Gasteiger partial charge in [0.2, 0.25) is 47.8 Å². The Morgan fingerprint density at radius 1 is 0.326 bits per heavy atom. The van der Waals surface area contributed by atoms with E-state index < -0.39 is 152 Å². The number of hydrogen-bond acceptors (Lipinski definition) is 21. The SMILES string of the molecule is CCCN(CC(O)C(Cc1cc(F)cc(F)c1)NC(=O)c1cc(C(=O)N(CCC)CCC)cc(S(N)(=O)=O)c1)NC(=O)C(C)C.CCCN(CCC)C(=O)c1cc(C(=O)NC(Cc2cc(F)cc(F)c2)C(O)CN(C)NC(=O)C(C)C)cc(S(N)(=O)=O)c1.CCCN(CCC)C(=O)c1cc(C(=O)NC(Cc2cc(F)cc(F)c2)C(O)CN(CC)NC(=O)C(C)C)cc(S(N)(=O)=O)c1.